The summed E-state index contributed by atoms with van der Waals surface area (Å²) >= 11 is 0. The molecule has 2 aromatic rings. The third kappa shape index (κ3) is 6.06. The van der Waals surface area contributed by atoms with Crippen molar-refractivity contribution in [1.29, 1.82) is 0 Å². The molecule has 0 spiro atoms. The first kappa shape index (κ1) is 20.9. The third-order valence-electron chi connectivity index (χ3n) is 4.82. The van der Waals surface area contributed by atoms with Crippen LogP contribution in [0.5, 0.6) is 0 Å². The van der Waals surface area contributed by atoms with Crippen molar-refractivity contribution in [3.05, 3.63) is 54.6 Å². The highest BCUT2D eigenvalue weighted by Gasteiger charge is 2.23. The predicted molar refractivity (Wildman–Crippen MR) is 115 cm³/mol. The smallest absolute Gasteiger partial charge is 0.409 e. The fourth-order valence-corrected chi connectivity index (χ4v) is 3.27. The second kappa shape index (κ2) is 10.1. The molecule has 6 heteroatoms. The van der Waals surface area contributed by atoms with Crippen molar-refractivity contribution < 1.29 is 14.3 Å². The van der Waals surface area contributed by atoms with E-state index in [0.717, 1.165) is 16.8 Å². The Kier molecular flexibility index (Phi) is 7.25. The quantitative estimate of drug-likeness (QED) is 0.810. The van der Waals surface area contributed by atoms with E-state index in [-0.39, 0.29) is 12.0 Å². The Morgan fingerprint density at radius 3 is 2.31 bits per heavy atom. The van der Waals surface area contributed by atoms with Gasteiger partial charge in [0.25, 0.3) is 0 Å². The van der Waals surface area contributed by atoms with Crippen LogP contribution in [0.1, 0.15) is 13.8 Å². The molecule has 1 N–H and O–H groups in total. The number of hydrogen-bond donors (Lipinski definition) is 1. The van der Waals surface area contributed by atoms with Crippen molar-refractivity contribution in [1.82, 2.24) is 9.80 Å². The van der Waals surface area contributed by atoms with Gasteiger partial charge in [0, 0.05) is 37.4 Å². The number of carbonyl (C=O) groups excluding carboxylic acids is 2. The Morgan fingerprint density at radius 1 is 0.966 bits per heavy atom. The molecule has 0 atom stereocenters. The molecule has 0 radical (unpaired) electrons. The Hall–Kier alpha value is -2.86. The summed E-state index contributed by atoms with van der Waals surface area (Å²) in [6.07, 6.45) is -0.264. The van der Waals surface area contributed by atoms with E-state index in [1.165, 1.54) is 0 Å². The molecule has 1 heterocycles. The maximum atomic E-state index is 12.6. The zero-order valence-corrected chi connectivity index (χ0v) is 17.1. The van der Waals surface area contributed by atoms with E-state index in [1.54, 1.807) is 4.90 Å². The van der Waals surface area contributed by atoms with Crippen LogP contribution in [0.25, 0.3) is 11.1 Å². The molecule has 154 valence electrons. The largest absolute Gasteiger partial charge is 0.449 e. The number of amides is 2. The molecule has 1 fully saturated rings. The molecule has 0 aliphatic carbocycles. The lowest BCUT2D eigenvalue weighted by Crippen LogP contribution is -2.50. The lowest BCUT2D eigenvalue weighted by Gasteiger charge is -2.33. The molecule has 2 aromatic carbocycles. The topological polar surface area (TPSA) is 61.9 Å². The number of carbonyl (C=O) groups is 2. The fraction of sp³-hybridized carbons (Fsp3) is 0.391. The van der Waals surface area contributed by atoms with Crippen LogP contribution >= 0.6 is 0 Å². The van der Waals surface area contributed by atoms with Crippen LogP contribution in [0.15, 0.2) is 54.6 Å². The second-order valence-corrected chi connectivity index (χ2v) is 7.69. The second-order valence-electron chi connectivity index (χ2n) is 7.69. The summed E-state index contributed by atoms with van der Waals surface area (Å²) in [5, 5.41) is 3.04. The first-order valence-corrected chi connectivity index (χ1v) is 10.1. The van der Waals surface area contributed by atoms with Gasteiger partial charge in [0.15, 0.2) is 0 Å². The Bertz CT molecular complexity index is 815. The molecule has 6 nitrogen and oxygen atoms in total. The number of hydrogen-bond acceptors (Lipinski definition) is 4. The molecule has 0 unspecified atom stereocenters. The van der Waals surface area contributed by atoms with E-state index in [1.807, 2.05) is 68.4 Å². The van der Waals surface area contributed by atoms with Crippen LogP contribution < -0.4 is 5.32 Å². The van der Waals surface area contributed by atoms with Gasteiger partial charge in [0.05, 0.1) is 13.2 Å². The van der Waals surface area contributed by atoms with E-state index in [2.05, 4.69) is 10.2 Å². The van der Waals surface area contributed by atoms with Crippen molar-refractivity contribution in [3.63, 3.8) is 0 Å². The first-order valence-electron chi connectivity index (χ1n) is 10.1. The summed E-state index contributed by atoms with van der Waals surface area (Å²) < 4.78 is 5.28. The monoisotopic (exact) mass is 395 g/mol. The Balaban J connectivity index is 1.51. The fourth-order valence-electron chi connectivity index (χ4n) is 3.27. The summed E-state index contributed by atoms with van der Waals surface area (Å²) in [5.41, 5.74) is 2.87. The SMILES string of the molecule is CC(C)COC(=O)N1CCN(CC(=O)Nc2ccccc2-c2ccccc2)CC1. The Morgan fingerprint density at radius 2 is 1.62 bits per heavy atom. The number of anilines is 1. The van der Waals surface area contributed by atoms with Gasteiger partial charge in [-0.3, -0.25) is 9.69 Å². The van der Waals surface area contributed by atoms with E-state index in [0.29, 0.717) is 45.2 Å². The van der Waals surface area contributed by atoms with Crippen LogP contribution in [0.3, 0.4) is 0 Å². The van der Waals surface area contributed by atoms with Gasteiger partial charge in [0.1, 0.15) is 0 Å². The number of nitrogens with zero attached hydrogens (tertiary/aromatic N) is 2. The van der Waals surface area contributed by atoms with Crippen molar-refractivity contribution in [2.45, 2.75) is 13.8 Å². The van der Waals surface area contributed by atoms with Gasteiger partial charge in [-0.25, -0.2) is 4.79 Å². The third-order valence-corrected chi connectivity index (χ3v) is 4.82. The maximum absolute atomic E-state index is 12.6. The lowest BCUT2D eigenvalue weighted by atomic mass is 10.0. The molecule has 1 aliphatic heterocycles. The molecule has 0 aromatic heterocycles. The minimum Gasteiger partial charge on any atom is -0.449 e. The van der Waals surface area contributed by atoms with Crippen molar-refractivity contribution in [2.75, 3.05) is 44.6 Å². The zero-order chi connectivity index (χ0) is 20.6. The molecular weight excluding hydrogens is 366 g/mol. The van der Waals surface area contributed by atoms with Crippen LogP contribution in [0.2, 0.25) is 0 Å². The summed E-state index contributed by atoms with van der Waals surface area (Å²) in [6.45, 7) is 7.23. The van der Waals surface area contributed by atoms with Crippen molar-refractivity contribution >= 4 is 17.7 Å². The molecule has 0 saturated carbocycles. The molecular formula is C23H29N3O3. The number of nitrogens with one attached hydrogen (secondary N) is 1. The number of piperazine rings is 1. The highest BCUT2D eigenvalue weighted by molar-refractivity contribution is 5.96. The summed E-state index contributed by atoms with van der Waals surface area (Å²) in [6, 6.07) is 17.8. The molecule has 0 bridgehead atoms. The average molecular weight is 396 g/mol. The summed E-state index contributed by atoms with van der Waals surface area (Å²) in [4.78, 5) is 28.4. The highest BCUT2D eigenvalue weighted by atomic mass is 16.6. The Labute approximate surface area is 172 Å². The zero-order valence-electron chi connectivity index (χ0n) is 17.1. The molecule has 1 saturated heterocycles. The van der Waals surface area contributed by atoms with Gasteiger partial charge in [-0.2, -0.15) is 0 Å². The van der Waals surface area contributed by atoms with Crippen molar-refractivity contribution in [3.8, 4) is 11.1 Å². The number of benzene rings is 2. The van der Waals surface area contributed by atoms with E-state index >= 15 is 0 Å². The normalized spacial score (nSPS) is 14.7. The molecule has 29 heavy (non-hydrogen) atoms. The van der Waals surface area contributed by atoms with Gasteiger partial charge >= 0.3 is 6.09 Å². The number of para-hydroxylation sites is 1. The standard InChI is InChI=1S/C23H29N3O3/c1-18(2)17-29-23(28)26-14-12-25(13-15-26)16-22(27)24-21-11-7-6-10-20(21)19-8-4-3-5-9-19/h3-11,18H,12-17H2,1-2H3,(H,24,27). The van der Waals surface area contributed by atoms with Crippen LogP contribution in [0, 0.1) is 5.92 Å². The minimum atomic E-state index is -0.264. The van der Waals surface area contributed by atoms with Crippen LogP contribution in [-0.2, 0) is 9.53 Å². The molecule has 2 amide bonds. The van der Waals surface area contributed by atoms with E-state index < -0.39 is 0 Å². The summed E-state index contributed by atoms with van der Waals surface area (Å²) in [5.74, 6) is 0.270. The number of ether oxygens (including phenoxy) is 1. The molecule has 3 rings (SSSR count). The maximum Gasteiger partial charge on any atom is 0.409 e. The van der Waals surface area contributed by atoms with E-state index in [9.17, 15) is 9.59 Å². The lowest BCUT2D eigenvalue weighted by molar-refractivity contribution is -0.117. The first-order chi connectivity index (χ1) is 14.0. The van der Waals surface area contributed by atoms with Gasteiger partial charge in [0.2, 0.25) is 5.91 Å². The highest BCUT2D eigenvalue weighted by Crippen LogP contribution is 2.27. The van der Waals surface area contributed by atoms with Gasteiger partial charge in [-0.05, 0) is 17.5 Å². The molecule has 1 aliphatic rings. The summed E-state index contributed by atoms with van der Waals surface area (Å²) in [7, 11) is 0. The number of rotatable bonds is 6. The van der Waals surface area contributed by atoms with Gasteiger partial charge in [-0.15, -0.1) is 0 Å². The van der Waals surface area contributed by atoms with Crippen LogP contribution in [0.4, 0.5) is 10.5 Å². The van der Waals surface area contributed by atoms with Crippen LogP contribution in [-0.4, -0.2) is 61.1 Å². The van der Waals surface area contributed by atoms with Gasteiger partial charge in [-0.1, -0.05) is 62.4 Å². The van der Waals surface area contributed by atoms with Gasteiger partial charge < -0.3 is 15.0 Å². The minimum absolute atomic E-state index is 0.0517. The van der Waals surface area contributed by atoms with Crippen molar-refractivity contribution in [2.24, 2.45) is 5.92 Å². The predicted octanol–water partition coefficient (Wildman–Crippen LogP) is 3.70. The average Bonchev–Trinajstić information content (AvgIpc) is 2.73. The van der Waals surface area contributed by atoms with E-state index in [4.69, 9.17) is 4.74 Å².